The van der Waals surface area contributed by atoms with Gasteiger partial charge < -0.3 is 15.5 Å². The molecule has 0 radical (unpaired) electrons. The van der Waals surface area contributed by atoms with Crippen molar-refractivity contribution < 1.29 is 14.0 Å². The van der Waals surface area contributed by atoms with Crippen LogP contribution < -0.4 is 15.5 Å². The van der Waals surface area contributed by atoms with Crippen LogP contribution in [0.5, 0.6) is 0 Å². The van der Waals surface area contributed by atoms with Crippen LogP contribution in [0.4, 0.5) is 15.9 Å². The van der Waals surface area contributed by atoms with E-state index in [9.17, 15) is 14.0 Å². The first kappa shape index (κ1) is 22.3. The number of piperazine rings is 1. The third-order valence-electron chi connectivity index (χ3n) is 5.61. The van der Waals surface area contributed by atoms with Crippen molar-refractivity contribution in [3.05, 3.63) is 35.9 Å². The van der Waals surface area contributed by atoms with E-state index >= 15 is 0 Å². The van der Waals surface area contributed by atoms with Crippen molar-refractivity contribution in [1.29, 1.82) is 5.26 Å². The average molecular weight is 453 g/mol. The van der Waals surface area contributed by atoms with Gasteiger partial charge in [-0.3, -0.25) is 14.3 Å². The number of amides is 1. The summed E-state index contributed by atoms with van der Waals surface area (Å²) in [5.41, 5.74) is 1.38. The van der Waals surface area contributed by atoms with Crippen LogP contribution >= 0.6 is 0 Å². The summed E-state index contributed by atoms with van der Waals surface area (Å²) in [5.74, 6) is 0.0772. The topological polar surface area (TPSA) is 133 Å². The lowest BCUT2D eigenvalue weighted by Gasteiger charge is -2.46. The Morgan fingerprint density at radius 3 is 2.79 bits per heavy atom. The number of carbonyl (C=O) groups is 2. The predicted octanol–water partition coefficient (Wildman–Crippen LogP) is 1.07. The maximum Gasteiger partial charge on any atom is 0.261 e. The second kappa shape index (κ2) is 9.33. The average Bonchev–Trinajstić information content (AvgIpc) is 3.42. The number of nitrogens with zero attached hydrogens (tertiary/aromatic N) is 7. The lowest BCUT2D eigenvalue weighted by Crippen LogP contribution is -2.61. The van der Waals surface area contributed by atoms with E-state index in [4.69, 9.17) is 10.2 Å². The van der Waals surface area contributed by atoms with Gasteiger partial charge in [-0.05, 0) is 25.8 Å². The molecule has 3 saturated heterocycles. The predicted molar refractivity (Wildman–Crippen MR) is 118 cm³/mol. The summed E-state index contributed by atoms with van der Waals surface area (Å²) >= 11 is 0. The van der Waals surface area contributed by atoms with Crippen LogP contribution in [0.25, 0.3) is 5.65 Å². The Bertz CT molecular complexity index is 1220. The van der Waals surface area contributed by atoms with E-state index in [0.29, 0.717) is 29.0 Å². The summed E-state index contributed by atoms with van der Waals surface area (Å²) in [6, 6.07) is 4.83. The molecule has 3 aromatic heterocycles. The molecular formula is C21H24FN9O2. The fourth-order valence-electron chi connectivity index (χ4n) is 4.02. The maximum atomic E-state index is 12.8. The summed E-state index contributed by atoms with van der Waals surface area (Å²) in [6.07, 6.45) is 7.26. The van der Waals surface area contributed by atoms with Gasteiger partial charge in [0.15, 0.2) is 17.1 Å². The second-order valence-electron chi connectivity index (χ2n) is 8.07. The Morgan fingerprint density at radius 1 is 1.39 bits per heavy atom. The highest BCUT2D eigenvalue weighted by molar-refractivity contribution is 6.08. The molecule has 3 aromatic rings. The van der Waals surface area contributed by atoms with Crippen LogP contribution in [0.1, 0.15) is 35.8 Å². The Balaban J connectivity index is 0.000000471. The molecule has 2 unspecified atom stereocenters. The van der Waals surface area contributed by atoms with Crippen LogP contribution in [0.15, 0.2) is 24.7 Å². The number of hydrogen-bond acceptors (Lipinski definition) is 8. The zero-order valence-electron chi connectivity index (χ0n) is 18.3. The number of Topliss-reactive ketones (excluding diaryl/α,β-unsaturated/α-hetero) is 1. The van der Waals surface area contributed by atoms with Crippen molar-refractivity contribution in [2.45, 2.75) is 31.8 Å². The third-order valence-corrected chi connectivity index (χ3v) is 5.61. The van der Waals surface area contributed by atoms with Gasteiger partial charge in [0.25, 0.3) is 5.91 Å². The number of hydrogen-bond donors (Lipinski definition) is 2. The number of aromatic nitrogens is 5. The first-order valence-electron chi connectivity index (χ1n) is 10.5. The first-order valence-corrected chi connectivity index (χ1v) is 10.5. The molecule has 33 heavy (non-hydrogen) atoms. The van der Waals surface area contributed by atoms with Crippen molar-refractivity contribution in [2.75, 3.05) is 30.0 Å². The molecule has 0 saturated carbocycles. The first-order chi connectivity index (χ1) is 15.9. The monoisotopic (exact) mass is 453 g/mol. The summed E-state index contributed by atoms with van der Waals surface area (Å²) in [6.45, 7) is 2.26. The molecule has 0 aliphatic carbocycles. The minimum Gasteiger partial charge on any atom is -0.351 e. The van der Waals surface area contributed by atoms with Gasteiger partial charge in [0.2, 0.25) is 0 Å². The van der Waals surface area contributed by atoms with Gasteiger partial charge in [-0.1, -0.05) is 0 Å². The van der Waals surface area contributed by atoms with Crippen LogP contribution in [-0.4, -0.2) is 67.9 Å². The van der Waals surface area contributed by atoms with Gasteiger partial charge in [0.1, 0.15) is 24.1 Å². The molecule has 3 aliphatic heterocycles. The smallest absolute Gasteiger partial charge is 0.261 e. The number of piperidine rings is 2. The van der Waals surface area contributed by atoms with Crippen molar-refractivity contribution in [2.24, 2.45) is 7.05 Å². The summed E-state index contributed by atoms with van der Waals surface area (Å²) in [4.78, 5) is 29.3. The van der Waals surface area contributed by atoms with Gasteiger partial charge in [-0.15, -0.1) is 0 Å². The molecule has 2 bridgehead atoms. The quantitative estimate of drug-likeness (QED) is 0.599. The normalized spacial score (nSPS) is 19.0. The van der Waals surface area contributed by atoms with Gasteiger partial charge in [0.05, 0.1) is 11.9 Å². The zero-order chi connectivity index (χ0) is 23.5. The number of ketones is 1. The van der Waals surface area contributed by atoms with E-state index in [1.54, 1.807) is 17.8 Å². The lowest BCUT2D eigenvalue weighted by molar-refractivity contribution is -0.117. The standard InChI is InChI=1S/C18H19N9O.C3H5FO/c1-25-10-15(14(6-19)24-25)22-18(28)13-8-21-27-5-4-16(23-17(13)27)26-9-11-2-3-12(26)7-20-11;1-3(5)2-4/h4-5,8,10-12,20H,2-3,7,9H2,1H3,(H,22,28);2H2,1H3. The van der Waals surface area contributed by atoms with E-state index in [0.717, 1.165) is 25.3 Å². The fourth-order valence-corrected chi connectivity index (χ4v) is 4.02. The SMILES string of the molecule is CC(=O)CF.Cn1cc(NC(=O)c2cnn3ccc(N4CC5CCC4CN5)nc23)c(C#N)n1. The maximum absolute atomic E-state index is 12.8. The molecule has 172 valence electrons. The van der Waals surface area contributed by atoms with Crippen LogP contribution in [0.3, 0.4) is 0 Å². The molecule has 6 heterocycles. The van der Waals surface area contributed by atoms with E-state index in [-0.39, 0.29) is 11.6 Å². The molecule has 1 amide bonds. The molecular weight excluding hydrogens is 429 g/mol. The highest BCUT2D eigenvalue weighted by atomic mass is 19.1. The van der Waals surface area contributed by atoms with E-state index < -0.39 is 12.5 Å². The van der Waals surface area contributed by atoms with Crippen LogP contribution in [0.2, 0.25) is 0 Å². The summed E-state index contributed by atoms with van der Waals surface area (Å²) in [7, 11) is 1.70. The number of nitriles is 1. The van der Waals surface area contributed by atoms with E-state index in [1.165, 1.54) is 24.2 Å². The second-order valence-corrected chi connectivity index (χ2v) is 8.07. The molecule has 3 aliphatic rings. The number of fused-ring (bicyclic) bond motifs is 4. The number of alkyl halides is 1. The number of halogens is 1. The Kier molecular flexibility index (Phi) is 6.32. The Hall–Kier alpha value is -3.85. The molecule has 3 fully saturated rings. The number of nitrogens with one attached hydrogen (secondary N) is 2. The fraction of sp³-hybridized carbons (Fsp3) is 0.429. The molecule has 11 nitrogen and oxygen atoms in total. The van der Waals surface area contributed by atoms with E-state index in [2.05, 4.69) is 25.7 Å². The number of rotatable bonds is 4. The van der Waals surface area contributed by atoms with Gasteiger partial charge in [0, 0.05) is 44.6 Å². The van der Waals surface area contributed by atoms with Gasteiger partial charge >= 0.3 is 0 Å². The zero-order valence-corrected chi connectivity index (χ0v) is 18.3. The molecule has 12 heteroatoms. The molecule has 0 aromatic carbocycles. The number of aryl methyl sites for hydroxylation is 1. The van der Waals surface area contributed by atoms with Crippen LogP contribution in [-0.2, 0) is 11.8 Å². The minimum absolute atomic E-state index is 0.165. The molecule has 2 atom stereocenters. The summed E-state index contributed by atoms with van der Waals surface area (Å²) in [5, 5.41) is 23.7. The Morgan fingerprint density at radius 2 is 2.18 bits per heavy atom. The Labute approximate surface area is 189 Å². The van der Waals surface area contributed by atoms with Gasteiger partial charge in [-0.25, -0.2) is 13.9 Å². The highest BCUT2D eigenvalue weighted by Gasteiger charge is 2.34. The number of anilines is 2. The summed E-state index contributed by atoms with van der Waals surface area (Å²) < 4.78 is 13.8. The molecule has 0 spiro atoms. The number of carbonyl (C=O) groups excluding carboxylic acids is 2. The van der Waals surface area contributed by atoms with E-state index in [1.807, 2.05) is 18.3 Å². The van der Waals surface area contributed by atoms with Crippen molar-refractivity contribution >= 4 is 28.8 Å². The minimum atomic E-state index is -0.833. The van der Waals surface area contributed by atoms with Crippen molar-refractivity contribution in [3.63, 3.8) is 0 Å². The largest absolute Gasteiger partial charge is 0.351 e. The van der Waals surface area contributed by atoms with Gasteiger partial charge in [-0.2, -0.15) is 15.5 Å². The van der Waals surface area contributed by atoms with Crippen LogP contribution in [0, 0.1) is 11.3 Å². The van der Waals surface area contributed by atoms with Crippen molar-refractivity contribution in [3.8, 4) is 6.07 Å². The third kappa shape index (κ3) is 4.68. The molecule has 6 rings (SSSR count). The van der Waals surface area contributed by atoms with Crippen molar-refractivity contribution in [1.82, 2.24) is 29.7 Å². The lowest BCUT2D eigenvalue weighted by atomic mass is 9.93. The highest BCUT2D eigenvalue weighted by Crippen LogP contribution is 2.27. The molecule has 2 N–H and O–H groups in total.